The van der Waals surface area contributed by atoms with Crippen molar-refractivity contribution in [3.63, 3.8) is 0 Å². The molecule has 8 heteroatoms. The number of ether oxygens (including phenoxy) is 4. The van der Waals surface area contributed by atoms with Gasteiger partial charge in [-0.3, -0.25) is 14.4 Å². The van der Waals surface area contributed by atoms with Gasteiger partial charge < -0.3 is 24.1 Å². The average Bonchev–Trinajstić information content (AvgIpc) is 3.28. The van der Waals surface area contributed by atoms with E-state index in [1.165, 1.54) is 13.8 Å². The van der Waals surface area contributed by atoms with Crippen molar-refractivity contribution in [1.82, 2.24) is 0 Å². The number of carbonyl (C=O) groups is 3. The van der Waals surface area contributed by atoms with E-state index >= 15 is 0 Å². The van der Waals surface area contributed by atoms with Gasteiger partial charge in [0.1, 0.15) is 17.8 Å². The lowest BCUT2D eigenvalue weighted by Gasteiger charge is -2.63. The quantitative estimate of drug-likeness (QED) is 0.514. The maximum absolute atomic E-state index is 13.9. The fourth-order valence-electron chi connectivity index (χ4n) is 10.7. The highest BCUT2D eigenvalue weighted by Gasteiger charge is 2.73. The second kappa shape index (κ2) is 8.99. The van der Waals surface area contributed by atoms with Crippen LogP contribution < -0.4 is 0 Å². The topological polar surface area (TPSA) is 108 Å². The number of Topliss-reactive ketones (excluding diaryl/α,β-unsaturated/α-hetero) is 1. The van der Waals surface area contributed by atoms with Crippen molar-refractivity contribution >= 4 is 17.7 Å². The van der Waals surface area contributed by atoms with E-state index in [9.17, 15) is 19.5 Å². The molecule has 13 atom stereocenters. The molecule has 6 fully saturated rings. The third kappa shape index (κ3) is 3.83. The molecule has 0 aromatic carbocycles. The van der Waals surface area contributed by atoms with Gasteiger partial charge in [0.05, 0.1) is 12.7 Å². The highest BCUT2D eigenvalue weighted by Crippen LogP contribution is 2.71. The minimum Gasteiger partial charge on any atom is -0.459 e. The molecule has 0 aromatic rings. The highest BCUT2D eigenvalue weighted by molar-refractivity contribution is 5.90. The van der Waals surface area contributed by atoms with Crippen molar-refractivity contribution in [2.45, 2.75) is 123 Å². The predicted molar refractivity (Wildman–Crippen MR) is 140 cm³/mol. The summed E-state index contributed by atoms with van der Waals surface area (Å²) in [5.74, 6) is 0.175. The van der Waals surface area contributed by atoms with E-state index in [-0.39, 0.29) is 35.6 Å². The molecule has 6 rings (SSSR count). The molecule has 2 aliphatic heterocycles. The summed E-state index contributed by atoms with van der Waals surface area (Å²) < 4.78 is 24.4. The third-order valence-corrected chi connectivity index (χ3v) is 12.5. The van der Waals surface area contributed by atoms with Crippen molar-refractivity contribution in [2.24, 2.45) is 46.3 Å². The molecule has 4 aliphatic carbocycles. The zero-order valence-corrected chi connectivity index (χ0v) is 24.4. The molecule has 2 heterocycles. The molecule has 2 saturated heterocycles. The lowest BCUT2D eigenvalue weighted by molar-refractivity contribution is -0.274. The number of esters is 2. The number of ketones is 1. The maximum Gasteiger partial charge on any atom is 0.303 e. The molecule has 6 aliphatic rings. The molecule has 1 N–H and O–H groups in total. The largest absolute Gasteiger partial charge is 0.459 e. The van der Waals surface area contributed by atoms with Crippen LogP contribution in [0.15, 0.2) is 0 Å². The Bertz CT molecular complexity index is 1050. The first-order chi connectivity index (χ1) is 18.2. The summed E-state index contributed by atoms with van der Waals surface area (Å²) in [6.45, 7) is 12.4. The first-order valence-corrected chi connectivity index (χ1v) is 15.2. The molecule has 4 saturated carbocycles. The number of rotatable bonds is 2. The number of hydrogen-bond acceptors (Lipinski definition) is 8. The molecule has 218 valence electrons. The van der Waals surface area contributed by atoms with Gasteiger partial charge in [0.25, 0.3) is 0 Å². The Balaban J connectivity index is 1.29. The minimum absolute atomic E-state index is 0.0330. The van der Waals surface area contributed by atoms with Crippen LogP contribution >= 0.6 is 0 Å². The van der Waals surface area contributed by atoms with Gasteiger partial charge in [-0.1, -0.05) is 27.7 Å². The Morgan fingerprint density at radius 1 is 0.974 bits per heavy atom. The Morgan fingerprint density at radius 3 is 2.26 bits per heavy atom. The zero-order valence-electron chi connectivity index (χ0n) is 24.4. The number of hydrogen-bond donors (Lipinski definition) is 1. The van der Waals surface area contributed by atoms with Crippen LogP contribution in [0.2, 0.25) is 0 Å². The smallest absolute Gasteiger partial charge is 0.303 e. The number of fused-ring (bicyclic) bond motifs is 7. The molecule has 0 amide bonds. The summed E-state index contributed by atoms with van der Waals surface area (Å²) in [6, 6.07) is 0. The van der Waals surface area contributed by atoms with Crippen molar-refractivity contribution in [3.05, 3.63) is 0 Å². The Morgan fingerprint density at radius 2 is 1.64 bits per heavy atom. The van der Waals surface area contributed by atoms with Gasteiger partial charge in [-0.15, -0.1) is 0 Å². The normalized spacial score (nSPS) is 54.3. The van der Waals surface area contributed by atoms with Gasteiger partial charge in [0.2, 0.25) is 0 Å². The van der Waals surface area contributed by atoms with Gasteiger partial charge in [0.15, 0.2) is 11.6 Å². The van der Waals surface area contributed by atoms with Crippen LogP contribution in [0.1, 0.15) is 92.9 Å². The molecule has 8 nitrogen and oxygen atoms in total. The molecule has 0 bridgehead atoms. The summed E-state index contributed by atoms with van der Waals surface area (Å²) in [7, 11) is 0. The molecule has 39 heavy (non-hydrogen) atoms. The van der Waals surface area contributed by atoms with E-state index in [0.29, 0.717) is 36.5 Å². The first kappa shape index (κ1) is 27.6. The second-order valence-corrected chi connectivity index (χ2v) is 14.5. The van der Waals surface area contributed by atoms with Gasteiger partial charge in [-0.2, -0.15) is 0 Å². The molecular weight excluding hydrogens is 500 g/mol. The summed E-state index contributed by atoms with van der Waals surface area (Å²) >= 11 is 0. The van der Waals surface area contributed by atoms with Crippen molar-refractivity contribution in [3.8, 4) is 0 Å². The third-order valence-electron chi connectivity index (χ3n) is 12.5. The van der Waals surface area contributed by atoms with Gasteiger partial charge in [-0.25, -0.2) is 0 Å². The lowest BCUT2D eigenvalue weighted by Crippen LogP contribution is -2.70. The standard InChI is InChI=1S/C31H46O8/c1-16-7-10-31(36-15-16)17(2)27-23(39-31)12-22-20-11-26(34)30(35)14-25(38-19(4)33)24(37-18(3)32)13-29(30,6)21(20)8-9-28(22,27)5/h16-17,20-25,27,35H,7-15H2,1-6H3/t16-,17+,20-,21+,22+,23+,24-,25-,27+,28+,29-,30+,31-/m1/s1. The summed E-state index contributed by atoms with van der Waals surface area (Å²) in [5, 5.41) is 12.1. The summed E-state index contributed by atoms with van der Waals surface area (Å²) in [6.07, 6.45) is 4.08. The Hall–Kier alpha value is -1.51. The minimum atomic E-state index is -1.62. The summed E-state index contributed by atoms with van der Waals surface area (Å²) in [4.78, 5) is 37.8. The van der Waals surface area contributed by atoms with Crippen molar-refractivity contribution in [1.29, 1.82) is 0 Å². The highest BCUT2D eigenvalue weighted by atomic mass is 16.7. The monoisotopic (exact) mass is 546 g/mol. The van der Waals surface area contributed by atoms with Gasteiger partial charge in [0, 0.05) is 44.4 Å². The van der Waals surface area contributed by atoms with Gasteiger partial charge >= 0.3 is 11.9 Å². The van der Waals surface area contributed by atoms with Crippen molar-refractivity contribution in [2.75, 3.05) is 6.61 Å². The molecule has 0 unspecified atom stereocenters. The Kier molecular flexibility index (Phi) is 6.38. The van der Waals surface area contributed by atoms with E-state index in [1.807, 2.05) is 6.92 Å². The van der Waals surface area contributed by atoms with Crippen LogP contribution in [0.4, 0.5) is 0 Å². The zero-order chi connectivity index (χ0) is 28.1. The van der Waals surface area contributed by atoms with Crippen molar-refractivity contribution < 1.29 is 38.4 Å². The van der Waals surface area contributed by atoms with E-state index in [2.05, 4.69) is 20.8 Å². The van der Waals surface area contributed by atoms with E-state index in [4.69, 9.17) is 18.9 Å². The fraction of sp³-hybridized carbons (Fsp3) is 0.903. The number of carbonyl (C=O) groups excluding carboxylic acids is 3. The van der Waals surface area contributed by atoms with Crippen LogP contribution in [0.5, 0.6) is 0 Å². The summed E-state index contributed by atoms with van der Waals surface area (Å²) in [5.41, 5.74) is -2.36. The first-order valence-electron chi connectivity index (χ1n) is 15.2. The van der Waals surface area contributed by atoms with Crippen LogP contribution in [0, 0.1) is 46.3 Å². The van der Waals surface area contributed by atoms with Gasteiger partial charge in [-0.05, 0) is 67.1 Å². The molecular formula is C31H46O8. The van der Waals surface area contributed by atoms with E-state index in [0.717, 1.165) is 38.7 Å². The molecule has 0 aromatic heterocycles. The second-order valence-electron chi connectivity index (χ2n) is 14.5. The molecule has 0 radical (unpaired) electrons. The van der Waals surface area contributed by atoms with E-state index in [1.54, 1.807) is 0 Å². The fourth-order valence-corrected chi connectivity index (χ4v) is 10.7. The maximum atomic E-state index is 13.9. The average molecular weight is 547 g/mol. The lowest BCUT2D eigenvalue weighted by atomic mass is 9.42. The molecule has 1 spiro atoms. The van der Waals surface area contributed by atoms with Crippen LogP contribution in [0.3, 0.4) is 0 Å². The van der Waals surface area contributed by atoms with Crippen LogP contribution in [-0.2, 0) is 33.3 Å². The SMILES string of the molecule is CC(=O)O[C@@H]1C[C@]2(O)C(=O)C[C@H]3[C@@H]4C[C@@H]5O[C@]6(CC[C@@H](C)CO6)[C@@H](C)[C@@H]5[C@@]4(C)CC[C@@H]3[C@@]2(C)C[C@H]1OC(C)=O. The van der Waals surface area contributed by atoms with Crippen LogP contribution in [-0.4, -0.2) is 59.1 Å². The van der Waals surface area contributed by atoms with Crippen LogP contribution in [0.25, 0.3) is 0 Å². The Labute approximate surface area is 231 Å². The predicted octanol–water partition coefficient (Wildman–Crippen LogP) is 4.20. The number of aliphatic hydroxyl groups is 1. The van der Waals surface area contributed by atoms with E-state index < -0.39 is 40.9 Å².